The third-order valence-electron chi connectivity index (χ3n) is 7.52. The number of hydrogen-bond acceptors (Lipinski definition) is 5. The zero-order valence-electron chi connectivity index (χ0n) is 22.5. The summed E-state index contributed by atoms with van der Waals surface area (Å²) in [6, 6.07) is 11.9. The molecule has 2 aromatic carbocycles. The predicted molar refractivity (Wildman–Crippen MR) is 147 cm³/mol. The molecule has 0 amide bonds. The van der Waals surface area contributed by atoms with E-state index in [-0.39, 0.29) is 17.0 Å². The van der Waals surface area contributed by atoms with E-state index in [0.29, 0.717) is 26.2 Å². The van der Waals surface area contributed by atoms with Crippen LogP contribution in [0, 0.1) is 5.41 Å². The van der Waals surface area contributed by atoms with Gasteiger partial charge in [-0.3, -0.25) is 4.79 Å². The third kappa shape index (κ3) is 4.95. The van der Waals surface area contributed by atoms with Crippen molar-refractivity contribution in [1.82, 2.24) is 4.57 Å². The SMILES string of the molecule is COCCCOc1cc2c(cc1-c1ccc3c(c1)OCCC3)-c1cc(=O)c(C(=O)O)cn1C(C(C)(C)C)C2. The zero-order valence-corrected chi connectivity index (χ0v) is 22.5. The molecule has 1 unspecified atom stereocenters. The molecule has 7 nitrogen and oxygen atoms in total. The number of carboxylic acid groups (broad SMARTS) is 1. The first-order chi connectivity index (χ1) is 18.2. The number of aromatic nitrogens is 1. The molecular weight excluding hydrogens is 482 g/mol. The van der Waals surface area contributed by atoms with E-state index in [1.807, 2.05) is 4.57 Å². The van der Waals surface area contributed by atoms with Gasteiger partial charge in [-0.05, 0) is 59.6 Å². The van der Waals surface area contributed by atoms with Gasteiger partial charge in [0.05, 0.1) is 18.9 Å². The highest BCUT2D eigenvalue weighted by Crippen LogP contribution is 2.46. The van der Waals surface area contributed by atoms with Gasteiger partial charge >= 0.3 is 5.97 Å². The van der Waals surface area contributed by atoms with Gasteiger partial charge in [-0.1, -0.05) is 32.9 Å². The maximum Gasteiger partial charge on any atom is 0.341 e. The molecular formula is C31H35NO6. The van der Waals surface area contributed by atoms with Crippen molar-refractivity contribution in [3.8, 4) is 33.9 Å². The summed E-state index contributed by atoms with van der Waals surface area (Å²) in [6.07, 6.45) is 4.98. The summed E-state index contributed by atoms with van der Waals surface area (Å²) in [5.74, 6) is 0.465. The normalized spacial score (nSPS) is 16.2. The molecule has 7 heteroatoms. The van der Waals surface area contributed by atoms with Gasteiger partial charge in [0, 0.05) is 49.6 Å². The molecule has 0 fully saturated rings. The maximum absolute atomic E-state index is 12.8. The van der Waals surface area contributed by atoms with Crippen LogP contribution in [-0.2, 0) is 17.6 Å². The van der Waals surface area contributed by atoms with Crippen molar-refractivity contribution in [3.05, 3.63) is 69.5 Å². The van der Waals surface area contributed by atoms with Crippen molar-refractivity contribution < 1.29 is 24.1 Å². The molecule has 0 aliphatic carbocycles. The van der Waals surface area contributed by atoms with Gasteiger partial charge in [-0.15, -0.1) is 0 Å². The Morgan fingerprint density at radius 2 is 1.92 bits per heavy atom. The molecule has 0 saturated heterocycles. The van der Waals surface area contributed by atoms with Crippen molar-refractivity contribution in [1.29, 1.82) is 0 Å². The summed E-state index contributed by atoms with van der Waals surface area (Å²) in [4.78, 5) is 24.6. The van der Waals surface area contributed by atoms with E-state index in [9.17, 15) is 14.7 Å². The van der Waals surface area contributed by atoms with Gasteiger partial charge in [0.2, 0.25) is 0 Å². The monoisotopic (exact) mass is 517 g/mol. The minimum Gasteiger partial charge on any atom is -0.493 e. The lowest BCUT2D eigenvalue weighted by atomic mass is 9.78. The lowest BCUT2D eigenvalue weighted by molar-refractivity contribution is 0.0693. The Hall–Kier alpha value is -3.58. The molecule has 38 heavy (non-hydrogen) atoms. The number of methoxy groups -OCH3 is 1. The Kier molecular flexibility index (Phi) is 7.05. The van der Waals surface area contributed by atoms with Gasteiger partial charge in [-0.25, -0.2) is 4.79 Å². The number of aryl methyl sites for hydroxylation is 1. The second-order valence-corrected chi connectivity index (χ2v) is 11.2. The molecule has 5 rings (SSSR count). The van der Waals surface area contributed by atoms with Crippen molar-refractivity contribution in [2.24, 2.45) is 5.41 Å². The van der Waals surface area contributed by atoms with Crippen molar-refractivity contribution in [2.75, 3.05) is 26.9 Å². The first-order valence-corrected chi connectivity index (χ1v) is 13.2. The first-order valence-electron chi connectivity index (χ1n) is 13.2. The quantitative estimate of drug-likeness (QED) is 0.401. The standard InChI is InChI=1S/C31H35NO6/c1-31(2,3)29-15-21-14-28(38-12-6-10-36-4)23(20-9-8-19-7-5-11-37-27(19)13-20)16-22(21)25-17-26(33)24(30(34)35)18-32(25)29/h8-9,13-14,16-18,29H,5-7,10-12,15H2,1-4H3,(H,34,35). The molecule has 1 aromatic heterocycles. The largest absolute Gasteiger partial charge is 0.493 e. The number of ether oxygens (including phenoxy) is 3. The van der Waals surface area contributed by atoms with E-state index in [0.717, 1.165) is 58.7 Å². The van der Waals surface area contributed by atoms with Gasteiger partial charge in [0.25, 0.3) is 0 Å². The fourth-order valence-electron chi connectivity index (χ4n) is 5.48. The van der Waals surface area contributed by atoms with Crippen LogP contribution in [0.15, 0.2) is 47.4 Å². The summed E-state index contributed by atoms with van der Waals surface area (Å²) >= 11 is 0. The summed E-state index contributed by atoms with van der Waals surface area (Å²) in [5, 5.41) is 9.65. The molecule has 1 atom stereocenters. The number of hydrogen-bond donors (Lipinski definition) is 1. The van der Waals surface area contributed by atoms with Gasteiger partial charge in [0.15, 0.2) is 5.43 Å². The van der Waals surface area contributed by atoms with Crippen molar-refractivity contribution in [3.63, 3.8) is 0 Å². The van der Waals surface area contributed by atoms with E-state index in [4.69, 9.17) is 14.2 Å². The summed E-state index contributed by atoms with van der Waals surface area (Å²) in [6.45, 7) is 8.23. The molecule has 0 radical (unpaired) electrons. The molecule has 2 aliphatic heterocycles. The fourth-order valence-corrected chi connectivity index (χ4v) is 5.48. The number of pyridine rings is 1. The van der Waals surface area contributed by atoms with E-state index in [2.05, 4.69) is 51.1 Å². The molecule has 0 bridgehead atoms. The van der Waals surface area contributed by atoms with Crippen LogP contribution in [0.4, 0.5) is 0 Å². The molecule has 3 heterocycles. The van der Waals surface area contributed by atoms with Gasteiger partial charge in [-0.2, -0.15) is 0 Å². The van der Waals surface area contributed by atoms with Crippen LogP contribution < -0.4 is 14.9 Å². The average molecular weight is 518 g/mol. The Morgan fingerprint density at radius 3 is 2.66 bits per heavy atom. The minimum atomic E-state index is -1.21. The highest BCUT2D eigenvalue weighted by atomic mass is 16.5. The predicted octanol–water partition coefficient (Wildman–Crippen LogP) is 5.76. The number of fused-ring (bicyclic) bond motifs is 4. The number of aromatic carboxylic acids is 1. The van der Waals surface area contributed by atoms with E-state index >= 15 is 0 Å². The fraction of sp³-hybridized carbons (Fsp3) is 0.419. The number of rotatable bonds is 7. The molecule has 0 spiro atoms. The van der Waals surface area contributed by atoms with Crippen LogP contribution in [0.25, 0.3) is 22.4 Å². The molecule has 0 saturated carbocycles. The van der Waals surface area contributed by atoms with Crippen molar-refractivity contribution >= 4 is 5.97 Å². The number of nitrogens with zero attached hydrogens (tertiary/aromatic N) is 1. The Balaban J connectivity index is 1.69. The highest BCUT2D eigenvalue weighted by molar-refractivity contribution is 5.88. The number of benzene rings is 2. The molecule has 2 aliphatic rings. The smallest absolute Gasteiger partial charge is 0.341 e. The van der Waals surface area contributed by atoms with Crippen LogP contribution >= 0.6 is 0 Å². The van der Waals surface area contributed by atoms with Crippen LogP contribution in [-0.4, -0.2) is 42.6 Å². The summed E-state index contributed by atoms with van der Waals surface area (Å²) < 4.78 is 19.5. The molecule has 3 aromatic rings. The zero-order chi connectivity index (χ0) is 27.0. The highest BCUT2D eigenvalue weighted by Gasteiger charge is 2.34. The van der Waals surface area contributed by atoms with E-state index in [1.165, 1.54) is 17.8 Å². The second-order valence-electron chi connectivity index (χ2n) is 11.2. The maximum atomic E-state index is 12.8. The Bertz CT molecular complexity index is 1430. The summed E-state index contributed by atoms with van der Waals surface area (Å²) in [5.41, 5.74) is 4.92. The first kappa shape index (κ1) is 26.0. The van der Waals surface area contributed by atoms with Crippen LogP contribution in [0.3, 0.4) is 0 Å². The lowest BCUT2D eigenvalue weighted by Gasteiger charge is -2.39. The number of carboxylic acids is 1. The summed E-state index contributed by atoms with van der Waals surface area (Å²) in [7, 11) is 1.68. The van der Waals surface area contributed by atoms with Crippen LogP contribution in [0.2, 0.25) is 0 Å². The third-order valence-corrected chi connectivity index (χ3v) is 7.52. The average Bonchev–Trinajstić information content (AvgIpc) is 2.89. The van der Waals surface area contributed by atoms with E-state index in [1.54, 1.807) is 7.11 Å². The Morgan fingerprint density at radius 1 is 1.11 bits per heavy atom. The second kappa shape index (κ2) is 10.3. The number of carbonyl (C=O) groups is 1. The van der Waals surface area contributed by atoms with Crippen LogP contribution in [0.5, 0.6) is 11.5 Å². The molecule has 200 valence electrons. The Labute approximate surface area is 223 Å². The van der Waals surface area contributed by atoms with Gasteiger partial charge in [0.1, 0.15) is 17.1 Å². The lowest BCUT2D eigenvalue weighted by Crippen LogP contribution is -2.32. The minimum absolute atomic E-state index is 0.0342. The van der Waals surface area contributed by atoms with Gasteiger partial charge < -0.3 is 23.9 Å². The van der Waals surface area contributed by atoms with E-state index < -0.39 is 11.4 Å². The van der Waals surface area contributed by atoms with Crippen LogP contribution in [0.1, 0.15) is 61.1 Å². The van der Waals surface area contributed by atoms with Crippen molar-refractivity contribution in [2.45, 2.75) is 52.5 Å². The molecule has 1 N–H and O–H groups in total. The topological polar surface area (TPSA) is 87.0 Å².